The van der Waals surface area contributed by atoms with Crippen molar-refractivity contribution in [2.75, 3.05) is 0 Å². The summed E-state index contributed by atoms with van der Waals surface area (Å²) in [6.45, 7) is 5.67. The Labute approximate surface area is 68.2 Å². The van der Waals surface area contributed by atoms with Gasteiger partial charge in [0, 0.05) is 0 Å². The van der Waals surface area contributed by atoms with Crippen molar-refractivity contribution in [2.45, 2.75) is 45.3 Å². The summed E-state index contributed by atoms with van der Waals surface area (Å²) < 4.78 is 0. The average molecular weight is 158 g/mol. The summed E-state index contributed by atoms with van der Waals surface area (Å²) in [5, 5.41) is 19.1. The van der Waals surface area contributed by atoms with Crippen molar-refractivity contribution < 1.29 is 10.2 Å². The summed E-state index contributed by atoms with van der Waals surface area (Å²) >= 11 is 0. The molecule has 1 saturated carbocycles. The Hall–Kier alpha value is -0.0800. The molecule has 2 nitrogen and oxygen atoms in total. The van der Waals surface area contributed by atoms with E-state index < -0.39 is 5.60 Å². The molecule has 0 saturated heterocycles. The van der Waals surface area contributed by atoms with Crippen molar-refractivity contribution >= 4 is 0 Å². The van der Waals surface area contributed by atoms with Crippen LogP contribution in [0.1, 0.15) is 33.6 Å². The maximum atomic E-state index is 9.69. The van der Waals surface area contributed by atoms with Gasteiger partial charge in [-0.05, 0) is 38.5 Å². The molecule has 2 heteroatoms. The number of aliphatic hydroxyl groups excluding tert-OH is 1. The van der Waals surface area contributed by atoms with Crippen LogP contribution in [-0.2, 0) is 0 Å². The lowest BCUT2D eigenvalue weighted by Gasteiger charge is -2.29. The molecule has 0 bridgehead atoms. The largest absolute Gasteiger partial charge is 0.393 e. The van der Waals surface area contributed by atoms with Gasteiger partial charge in [0.1, 0.15) is 0 Å². The van der Waals surface area contributed by atoms with Crippen molar-refractivity contribution in [3.63, 3.8) is 0 Å². The van der Waals surface area contributed by atoms with Gasteiger partial charge in [0.25, 0.3) is 0 Å². The van der Waals surface area contributed by atoms with Gasteiger partial charge >= 0.3 is 0 Å². The van der Waals surface area contributed by atoms with Gasteiger partial charge < -0.3 is 10.2 Å². The van der Waals surface area contributed by atoms with Gasteiger partial charge in [0.15, 0.2) is 0 Å². The Balaban J connectivity index is 2.62. The molecule has 1 aliphatic rings. The van der Waals surface area contributed by atoms with Gasteiger partial charge in [-0.15, -0.1) is 0 Å². The molecular weight excluding hydrogens is 140 g/mol. The third kappa shape index (κ3) is 1.74. The van der Waals surface area contributed by atoms with Crippen LogP contribution in [0.5, 0.6) is 0 Å². The molecule has 3 atom stereocenters. The minimum absolute atomic E-state index is 0.202. The molecule has 3 unspecified atom stereocenters. The molecule has 0 aromatic heterocycles. The second kappa shape index (κ2) is 2.76. The minimum atomic E-state index is -0.628. The monoisotopic (exact) mass is 158 g/mol. The SMILES string of the molecule is CC1C(O)CCC1C(C)(C)O. The second-order valence-corrected chi connectivity index (χ2v) is 4.26. The fourth-order valence-corrected chi connectivity index (χ4v) is 2.14. The van der Waals surface area contributed by atoms with E-state index in [9.17, 15) is 10.2 Å². The summed E-state index contributed by atoms with van der Waals surface area (Å²) in [7, 11) is 0. The topological polar surface area (TPSA) is 40.5 Å². The molecule has 0 spiro atoms. The van der Waals surface area contributed by atoms with Gasteiger partial charge in [-0.25, -0.2) is 0 Å². The van der Waals surface area contributed by atoms with E-state index in [0.29, 0.717) is 0 Å². The average Bonchev–Trinajstić information content (AvgIpc) is 2.11. The highest BCUT2D eigenvalue weighted by Gasteiger charge is 2.39. The Morgan fingerprint density at radius 3 is 2.00 bits per heavy atom. The maximum Gasteiger partial charge on any atom is 0.0623 e. The standard InChI is InChI=1S/C9H18O2/c1-6-7(9(2,3)11)4-5-8(6)10/h6-8,10-11H,4-5H2,1-3H3. The second-order valence-electron chi connectivity index (χ2n) is 4.26. The van der Waals surface area contributed by atoms with Gasteiger partial charge in [-0.2, -0.15) is 0 Å². The van der Waals surface area contributed by atoms with Crippen LogP contribution < -0.4 is 0 Å². The first-order valence-corrected chi connectivity index (χ1v) is 4.33. The molecule has 1 rings (SSSR count). The molecule has 2 N–H and O–H groups in total. The van der Waals surface area contributed by atoms with E-state index in [2.05, 4.69) is 0 Å². The Morgan fingerprint density at radius 2 is 1.82 bits per heavy atom. The van der Waals surface area contributed by atoms with E-state index >= 15 is 0 Å². The first-order chi connectivity index (χ1) is 4.93. The third-order valence-electron chi connectivity index (χ3n) is 2.92. The van der Waals surface area contributed by atoms with Gasteiger partial charge in [0.05, 0.1) is 11.7 Å². The predicted octanol–water partition coefficient (Wildman–Crippen LogP) is 1.16. The zero-order chi connectivity index (χ0) is 8.65. The Morgan fingerprint density at radius 1 is 1.27 bits per heavy atom. The molecular formula is C9H18O2. The lowest BCUT2D eigenvalue weighted by atomic mass is 9.83. The summed E-state index contributed by atoms with van der Waals surface area (Å²) in [6.07, 6.45) is 1.59. The molecule has 0 aliphatic heterocycles. The highest BCUT2D eigenvalue weighted by molar-refractivity contribution is 4.90. The normalized spacial score (nSPS) is 39.5. The fraction of sp³-hybridized carbons (Fsp3) is 1.00. The van der Waals surface area contributed by atoms with E-state index in [1.54, 1.807) is 0 Å². The minimum Gasteiger partial charge on any atom is -0.393 e. The van der Waals surface area contributed by atoms with E-state index in [4.69, 9.17) is 0 Å². The zero-order valence-electron chi connectivity index (χ0n) is 7.54. The quantitative estimate of drug-likeness (QED) is 0.601. The zero-order valence-corrected chi connectivity index (χ0v) is 7.54. The van der Waals surface area contributed by atoms with Crippen LogP contribution >= 0.6 is 0 Å². The van der Waals surface area contributed by atoms with Crippen molar-refractivity contribution in [2.24, 2.45) is 11.8 Å². The molecule has 1 fully saturated rings. The summed E-state index contributed by atoms with van der Waals surface area (Å²) in [5.74, 6) is 0.507. The van der Waals surface area contributed by atoms with Crippen LogP contribution in [0.25, 0.3) is 0 Å². The lowest BCUT2D eigenvalue weighted by molar-refractivity contribution is -0.0110. The van der Waals surface area contributed by atoms with Crippen molar-refractivity contribution in [3.05, 3.63) is 0 Å². The number of aliphatic hydroxyl groups is 2. The van der Waals surface area contributed by atoms with Crippen LogP contribution in [0.4, 0.5) is 0 Å². The Bertz CT molecular complexity index is 137. The van der Waals surface area contributed by atoms with Crippen molar-refractivity contribution in [1.82, 2.24) is 0 Å². The van der Waals surface area contributed by atoms with Crippen LogP contribution in [0.15, 0.2) is 0 Å². The molecule has 11 heavy (non-hydrogen) atoms. The number of rotatable bonds is 1. The molecule has 0 aromatic carbocycles. The van der Waals surface area contributed by atoms with Crippen molar-refractivity contribution in [3.8, 4) is 0 Å². The smallest absolute Gasteiger partial charge is 0.0623 e. The van der Waals surface area contributed by atoms with Crippen molar-refractivity contribution in [1.29, 1.82) is 0 Å². The highest BCUT2D eigenvalue weighted by atomic mass is 16.3. The predicted molar refractivity (Wildman–Crippen MR) is 44.2 cm³/mol. The highest BCUT2D eigenvalue weighted by Crippen LogP contribution is 2.38. The molecule has 0 aromatic rings. The van der Waals surface area contributed by atoms with Gasteiger partial charge in [-0.1, -0.05) is 6.92 Å². The summed E-state index contributed by atoms with van der Waals surface area (Å²) in [4.78, 5) is 0. The third-order valence-corrected chi connectivity index (χ3v) is 2.92. The molecule has 0 amide bonds. The first-order valence-electron chi connectivity index (χ1n) is 4.33. The van der Waals surface area contributed by atoms with Crippen LogP contribution in [0, 0.1) is 11.8 Å². The maximum absolute atomic E-state index is 9.69. The molecule has 0 radical (unpaired) electrons. The molecule has 0 heterocycles. The lowest BCUT2D eigenvalue weighted by Crippen LogP contribution is -2.34. The fourth-order valence-electron chi connectivity index (χ4n) is 2.14. The van der Waals surface area contributed by atoms with E-state index in [1.807, 2.05) is 20.8 Å². The molecule has 66 valence electrons. The van der Waals surface area contributed by atoms with Gasteiger partial charge in [-0.3, -0.25) is 0 Å². The molecule has 1 aliphatic carbocycles. The van der Waals surface area contributed by atoms with E-state index in [0.717, 1.165) is 12.8 Å². The van der Waals surface area contributed by atoms with Crippen LogP contribution in [0.3, 0.4) is 0 Å². The van der Waals surface area contributed by atoms with E-state index in [-0.39, 0.29) is 17.9 Å². The van der Waals surface area contributed by atoms with Crippen LogP contribution in [0.2, 0.25) is 0 Å². The number of hydrogen-bond donors (Lipinski definition) is 2. The Kier molecular flexibility index (Phi) is 2.26. The van der Waals surface area contributed by atoms with Crippen LogP contribution in [-0.4, -0.2) is 21.9 Å². The summed E-state index contributed by atoms with van der Waals surface area (Å²) in [5.41, 5.74) is -0.628. The van der Waals surface area contributed by atoms with Gasteiger partial charge in [0.2, 0.25) is 0 Å². The first kappa shape index (κ1) is 9.01. The van der Waals surface area contributed by atoms with E-state index in [1.165, 1.54) is 0 Å². The summed E-state index contributed by atoms with van der Waals surface area (Å²) in [6, 6.07) is 0. The number of hydrogen-bond acceptors (Lipinski definition) is 2.